The number of benzene rings is 2. The van der Waals surface area contributed by atoms with Gasteiger partial charge in [-0.2, -0.15) is 0 Å². The quantitative estimate of drug-likeness (QED) is 0.666. The number of rotatable bonds is 7. The molecule has 0 aliphatic carbocycles. The van der Waals surface area contributed by atoms with Crippen LogP contribution in [0.25, 0.3) is 0 Å². The van der Waals surface area contributed by atoms with E-state index in [0.717, 1.165) is 11.4 Å². The maximum atomic E-state index is 13.6. The third-order valence-corrected chi connectivity index (χ3v) is 4.00. The minimum atomic E-state index is -0.266. The second-order valence-electron chi connectivity index (χ2n) is 5.92. The number of ether oxygens (including phenoxy) is 1. The number of halogens is 1. The zero-order chi connectivity index (χ0) is 19.1. The number of anilines is 2. The average Bonchev–Trinajstić information content (AvgIpc) is 2.69. The number of amides is 1. The van der Waals surface area contributed by atoms with Crippen molar-refractivity contribution < 1.29 is 13.9 Å². The topological polar surface area (TPSA) is 63.2 Å². The second kappa shape index (κ2) is 8.80. The number of methoxy groups -OCH3 is 1. The highest BCUT2D eigenvalue weighted by Gasteiger charge is 2.08. The molecular weight excluding hydrogens is 345 g/mol. The fourth-order valence-corrected chi connectivity index (χ4v) is 2.61. The summed E-state index contributed by atoms with van der Waals surface area (Å²) in [4.78, 5) is 16.4. The van der Waals surface area contributed by atoms with Gasteiger partial charge in [-0.1, -0.05) is 24.3 Å². The van der Waals surface area contributed by atoms with Crippen molar-refractivity contribution in [2.45, 2.75) is 6.42 Å². The average molecular weight is 365 g/mol. The van der Waals surface area contributed by atoms with Crippen LogP contribution in [0.3, 0.4) is 0 Å². The van der Waals surface area contributed by atoms with Gasteiger partial charge in [0.05, 0.1) is 24.6 Å². The van der Waals surface area contributed by atoms with Gasteiger partial charge in [0, 0.05) is 24.5 Å². The molecule has 0 saturated heterocycles. The summed E-state index contributed by atoms with van der Waals surface area (Å²) < 4.78 is 18.8. The van der Waals surface area contributed by atoms with Gasteiger partial charge >= 0.3 is 0 Å². The highest BCUT2D eigenvalue weighted by Crippen LogP contribution is 2.21. The number of hydrogen-bond acceptors (Lipinski definition) is 4. The van der Waals surface area contributed by atoms with Gasteiger partial charge in [-0.05, 0) is 36.2 Å². The van der Waals surface area contributed by atoms with Gasteiger partial charge in [-0.15, -0.1) is 0 Å². The van der Waals surface area contributed by atoms with Gasteiger partial charge in [0.25, 0.3) is 5.91 Å². The van der Waals surface area contributed by atoms with Crippen LogP contribution in [0.5, 0.6) is 5.75 Å². The first kappa shape index (κ1) is 18.4. The molecule has 0 saturated carbocycles. The maximum Gasteiger partial charge on any atom is 0.252 e. The van der Waals surface area contributed by atoms with Crippen molar-refractivity contribution >= 4 is 17.3 Å². The summed E-state index contributed by atoms with van der Waals surface area (Å²) in [6.07, 6.45) is 3.55. The first-order chi connectivity index (χ1) is 13.2. The lowest BCUT2D eigenvalue weighted by atomic mass is 10.1. The molecular formula is C21H20FN3O2. The van der Waals surface area contributed by atoms with E-state index in [0.29, 0.717) is 29.8 Å². The van der Waals surface area contributed by atoms with Crippen LogP contribution in [-0.2, 0) is 6.42 Å². The number of carbonyl (C=O) groups excluding carboxylic acids is 1. The van der Waals surface area contributed by atoms with E-state index in [1.54, 1.807) is 37.6 Å². The molecule has 1 heterocycles. The van der Waals surface area contributed by atoms with Gasteiger partial charge in [-0.3, -0.25) is 9.78 Å². The molecule has 2 N–H and O–H groups in total. The molecule has 0 aliphatic heterocycles. The molecule has 5 nitrogen and oxygen atoms in total. The number of nitrogens with one attached hydrogen (secondary N) is 2. The Kier molecular flexibility index (Phi) is 5.99. The molecule has 0 radical (unpaired) electrons. The minimum Gasteiger partial charge on any atom is -0.497 e. The summed E-state index contributed by atoms with van der Waals surface area (Å²) in [5.74, 6) is 0.209. The molecule has 0 unspecified atom stereocenters. The van der Waals surface area contributed by atoms with Crippen molar-refractivity contribution in [1.29, 1.82) is 0 Å². The summed E-state index contributed by atoms with van der Waals surface area (Å²) >= 11 is 0. The van der Waals surface area contributed by atoms with Crippen LogP contribution in [-0.4, -0.2) is 24.5 Å². The van der Waals surface area contributed by atoms with Crippen LogP contribution in [0, 0.1) is 5.82 Å². The highest BCUT2D eigenvalue weighted by atomic mass is 19.1. The summed E-state index contributed by atoms with van der Waals surface area (Å²) in [5, 5.41) is 5.98. The normalized spacial score (nSPS) is 10.3. The molecule has 1 amide bonds. The monoisotopic (exact) mass is 365 g/mol. The summed E-state index contributed by atoms with van der Waals surface area (Å²) in [7, 11) is 1.60. The van der Waals surface area contributed by atoms with Gasteiger partial charge in [0.2, 0.25) is 0 Å². The van der Waals surface area contributed by atoms with Crippen LogP contribution in [0.1, 0.15) is 15.9 Å². The van der Waals surface area contributed by atoms with E-state index < -0.39 is 0 Å². The van der Waals surface area contributed by atoms with Crippen LogP contribution >= 0.6 is 0 Å². The van der Waals surface area contributed by atoms with Crippen molar-refractivity contribution in [2.24, 2.45) is 0 Å². The van der Waals surface area contributed by atoms with E-state index in [1.807, 2.05) is 24.3 Å². The Morgan fingerprint density at radius 1 is 1.07 bits per heavy atom. The van der Waals surface area contributed by atoms with Crippen LogP contribution in [0.2, 0.25) is 0 Å². The van der Waals surface area contributed by atoms with Crippen LogP contribution in [0.4, 0.5) is 15.8 Å². The molecule has 0 atom stereocenters. The molecule has 6 heteroatoms. The number of pyridine rings is 1. The molecule has 0 bridgehead atoms. The van der Waals surface area contributed by atoms with E-state index in [2.05, 4.69) is 15.6 Å². The Balaban J connectivity index is 1.60. The van der Waals surface area contributed by atoms with Crippen LogP contribution in [0.15, 0.2) is 67.0 Å². The molecule has 1 aromatic heterocycles. The van der Waals surface area contributed by atoms with Gasteiger partial charge < -0.3 is 15.4 Å². The van der Waals surface area contributed by atoms with Crippen molar-refractivity contribution in [1.82, 2.24) is 10.3 Å². The lowest BCUT2D eigenvalue weighted by molar-refractivity contribution is 0.0953. The summed E-state index contributed by atoms with van der Waals surface area (Å²) in [5.41, 5.74) is 2.51. The van der Waals surface area contributed by atoms with Crippen molar-refractivity contribution in [3.63, 3.8) is 0 Å². The smallest absolute Gasteiger partial charge is 0.252 e. The molecule has 27 heavy (non-hydrogen) atoms. The Morgan fingerprint density at radius 3 is 2.74 bits per heavy atom. The number of aromatic nitrogens is 1. The minimum absolute atomic E-state index is 0.256. The number of hydrogen-bond donors (Lipinski definition) is 2. The van der Waals surface area contributed by atoms with E-state index >= 15 is 0 Å². The zero-order valence-corrected chi connectivity index (χ0v) is 14.9. The standard InChI is InChI=1S/C21H20FN3O2/c1-27-19-7-4-6-17(12-19)25-18-11-16(13-23-14-18)21(26)24-10-9-15-5-2-3-8-20(15)22/h2-8,11-14,25H,9-10H2,1H3,(H,24,26). The van der Waals surface area contributed by atoms with Gasteiger partial charge in [-0.25, -0.2) is 4.39 Å². The van der Waals surface area contributed by atoms with E-state index in [4.69, 9.17) is 4.74 Å². The molecule has 3 aromatic rings. The summed E-state index contributed by atoms with van der Waals surface area (Å²) in [6, 6.07) is 15.7. The van der Waals surface area contributed by atoms with Crippen molar-refractivity contribution in [2.75, 3.05) is 19.0 Å². The summed E-state index contributed by atoms with van der Waals surface area (Å²) in [6.45, 7) is 0.341. The fourth-order valence-electron chi connectivity index (χ4n) is 2.61. The number of carbonyl (C=O) groups is 1. The van der Waals surface area contributed by atoms with Gasteiger partial charge in [0.1, 0.15) is 11.6 Å². The Hall–Kier alpha value is -3.41. The lowest BCUT2D eigenvalue weighted by Gasteiger charge is -2.10. The number of nitrogens with zero attached hydrogens (tertiary/aromatic N) is 1. The first-order valence-electron chi connectivity index (χ1n) is 8.53. The SMILES string of the molecule is COc1cccc(Nc2cncc(C(=O)NCCc3ccccc3F)c2)c1. The largest absolute Gasteiger partial charge is 0.497 e. The van der Waals surface area contributed by atoms with E-state index in [9.17, 15) is 9.18 Å². The molecule has 3 rings (SSSR count). The maximum absolute atomic E-state index is 13.6. The third kappa shape index (κ3) is 5.04. The Morgan fingerprint density at radius 2 is 1.93 bits per heavy atom. The highest BCUT2D eigenvalue weighted by molar-refractivity contribution is 5.94. The second-order valence-corrected chi connectivity index (χ2v) is 5.92. The molecule has 138 valence electrons. The van der Waals surface area contributed by atoms with E-state index in [1.165, 1.54) is 12.3 Å². The Labute approximate surface area is 157 Å². The first-order valence-corrected chi connectivity index (χ1v) is 8.53. The van der Waals surface area contributed by atoms with Crippen molar-refractivity contribution in [3.8, 4) is 5.75 Å². The molecule has 0 fully saturated rings. The third-order valence-electron chi connectivity index (χ3n) is 4.00. The predicted octanol–water partition coefficient (Wildman–Crippen LogP) is 3.95. The van der Waals surface area contributed by atoms with Crippen molar-refractivity contribution in [3.05, 3.63) is 83.9 Å². The van der Waals surface area contributed by atoms with Gasteiger partial charge in [0.15, 0.2) is 0 Å². The van der Waals surface area contributed by atoms with Crippen LogP contribution < -0.4 is 15.4 Å². The fraction of sp³-hybridized carbons (Fsp3) is 0.143. The molecule has 0 aliphatic rings. The zero-order valence-electron chi connectivity index (χ0n) is 14.9. The predicted molar refractivity (Wildman–Crippen MR) is 103 cm³/mol. The Bertz CT molecular complexity index is 931. The lowest BCUT2D eigenvalue weighted by Crippen LogP contribution is -2.26. The molecule has 2 aromatic carbocycles. The van der Waals surface area contributed by atoms with E-state index in [-0.39, 0.29) is 11.7 Å². The molecule has 0 spiro atoms.